The summed E-state index contributed by atoms with van der Waals surface area (Å²) in [6.45, 7) is 3.58. The maximum Gasteiger partial charge on any atom is 0.266 e. The Morgan fingerprint density at radius 2 is 2.07 bits per heavy atom. The van der Waals surface area contributed by atoms with Crippen LogP contribution in [0, 0.1) is 12.3 Å². The van der Waals surface area contributed by atoms with Crippen molar-refractivity contribution < 1.29 is 9.32 Å². The average Bonchev–Trinajstić information content (AvgIpc) is 3.29. The van der Waals surface area contributed by atoms with E-state index in [0.29, 0.717) is 37.9 Å². The lowest BCUT2D eigenvalue weighted by molar-refractivity contribution is -0.132. The van der Waals surface area contributed by atoms with Gasteiger partial charge >= 0.3 is 0 Å². The van der Waals surface area contributed by atoms with Gasteiger partial charge in [0, 0.05) is 24.4 Å². The van der Waals surface area contributed by atoms with Crippen molar-refractivity contribution in [3.8, 4) is 0 Å². The Labute approximate surface area is 173 Å². The van der Waals surface area contributed by atoms with Crippen LogP contribution in [0.3, 0.4) is 0 Å². The van der Waals surface area contributed by atoms with Gasteiger partial charge in [-0.1, -0.05) is 30.3 Å². The maximum atomic E-state index is 13.2. The Bertz CT molecular complexity index is 1010. The SMILES string of the molecule is Cc1nc(CNC(=O)C2(Cc3ccccc3)CN(c3noc(C4CC4)n3)C2)cs1. The summed E-state index contributed by atoms with van der Waals surface area (Å²) in [5, 5.41) is 10.2. The number of carbonyl (C=O) groups excluding carboxylic acids is 1. The molecule has 0 radical (unpaired) electrons. The fraction of sp³-hybridized carbons (Fsp3) is 0.429. The monoisotopic (exact) mass is 409 g/mol. The summed E-state index contributed by atoms with van der Waals surface area (Å²) < 4.78 is 5.39. The number of aryl methyl sites for hydroxylation is 1. The summed E-state index contributed by atoms with van der Waals surface area (Å²) in [4.78, 5) is 24.2. The van der Waals surface area contributed by atoms with Crippen LogP contribution in [0.4, 0.5) is 5.95 Å². The molecule has 2 aromatic heterocycles. The van der Waals surface area contributed by atoms with E-state index < -0.39 is 5.41 Å². The van der Waals surface area contributed by atoms with E-state index in [2.05, 4.69) is 32.6 Å². The molecule has 1 amide bonds. The number of hydrogen-bond acceptors (Lipinski definition) is 7. The van der Waals surface area contributed by atoms with Gasteiger partial charge in [-0.05, 0) is 36.9 Å². The number of nitrogens with one attached hydrogen (secondary N) is 1. The van der Waals surface area contributed by atoms with E-state index >= 15 is 0 Å². The van der Waals surface area contributed by atoms with Crippen molar-refractivity contribution in [2.75, 3.05) is 18.0 Å². The van der Waals surface area contributed by atoms with Crippen LogP contribution in [-0.2, 0) is 17.8 Å². The molecule has 1 saturated carbocycles. The molecule has 7 nitrogen and oxygen atoms in total. The van der Waals surface area contributed by atoms with Crippen LogP contribution in [0.2, 0.25) is 0 Å². The number of benzene rings is 1. The molecule has 2 fully saturated rings. The van der Waals surface area contributed by atoms with Crippen LogP contribution in [-0.4, -0.2) is 34.1 Å². The molecule has 0 spiro atoms. The first kappa shape index (κ1) is 18.3. The number of anilines is 1. The van der Waals surface area contributed by atoms with Crippen molar-refractivity contribution in [3.05, 3.63) is 57.9 Å². The van der Waals surface area contributed by atoms with Crippen LogP contribution < -0.4 is 10.2 Å². The van der Waals surface area contributed by atoms with Crippen molar-refractivity contribution >= 4 is 23.2 Å². The molecule has 29 heavy (non-hydrogen) atoms. The summed E-state index contributed by atoms with van der Waals surface area (Å²) in [5.74, 6) is 1.80. The van der Waals surface area contributed by atoms with E-state index in [0.717, 1.165) is 35.0 Å². The zero-order valence-corrected chi connectivity index (χ0v) is 17.1. The topological polar surface area (TPSA) is 84.2 Å². The van der Waals surface area contributed by atoms with Crippen LogP contribution in [0.15, 0.2) is 40.2 Å². The minimum atomic E-state index is -0.507. The fourth-order valence-corrected chi connectivity index (χ4v) is 4.46. The summed E-state index contributed by atoms with van der Waals surface area (Å²) >= 11 is 1.60. The highest BCUT2D eigenvalue weighted by atomic mass is 32.1. The van der Waals surface area contributed by atoms with E-state index in [4.69, 9.17) is 4.52 Å². The first-order valence-corrected chi connectivity index (χ1v) is 10.8. The Morgan fingerprint density at radius 3 is 2.76 bits per heavy atom. The third-order valence-corrected chi connectivity index (χ3v) is 6.41. The highest BCUT2D eigenvalue weighted by Gasteiger charge is 2.50. The predicted octanol–water partition coefficient (Wildman–Crippen LogP) is 3.08. The molecule has 3 aromatic rings. The summed E-state index contributed by atoms with van der Waals surface area (Å²) in [6.07, 6.45) is 2.93. The second kappa shape index (κ2) is 7.26. The molecule has 8 heteroatoms. The predicted molar refractivity (Wildman–Crippen MR) is 110 cm³/mol. The standard InChI is InChI=1S/C21H23N5O2S/c1-14-23-17(11-29-14)10-22-19(27)21(9-15-5-3-2-4-6-15)12-26(13-21)20-24-18(28-25-20)16-7-8-16/h2-6,11,16H,7-10,12-13H2,1H3,(H,22,27). The molecule has 3 heterocycles. The van der Waals surface area contributed by atoms with Gasteiger partial charge in [0.1, 0.15) is 0 Å². The Balaban J connectivity index is 1.30. The van der Waals surface area contributed by atoms with E-state index in [1.807, 2.05) is 35.4 Å². The second-order valence-electron chi connectivity index (χ2n) is 8.05. The van der Waals surface area contributed by atoms with E-state index in [1.54, 1.807) is 11.3 Å². The van der Waals surface area contributed by atoms with Crippen LogP contribution >= 0.6 is 11.3 Å². The minimum absolute atomic E-state index is 0.0502. The molecule has 0 atom stereocenters. The lowest BCUT2D eigenvalue weighted by Gasteiger charge is -2.48. The van der Waals surface area contributed by atoms with Crippen molar-refractivity contribution in [3.63, 3.8) is 0 Å². The van der Waals surface area contributed by atoms with Gasteiger partial charge in [-0.3, -0.25) is 4.79 Å². The van der Waals surface area contributed by atoms with Crippen molar-refractivity contribution in [1.82, 2.24) is 20.4 Å². The van der Waals surface area contributed by atoms with Gasteiger partial charge in [0.05, 0.1) is 22.7 Å². The molecule has 0 unspecified atom stereocenters. The van der Waals surface area contributed by atoms with Crippen LogP contribution in [0.5, 0.6) is 0 Å². The van der Waals surface area contributed by atoms with Crippen molar-refractivity contribution in [2.45, 2.75) is 38.6 Å². The Kier molecular flexibility index (Phi) is 4.58. The summed E-state index contributed by atoms with van der Waals surface area (Å²) in [7, 11) is 0. The zero-order chi connectivity index (χ0) is 19.8. The van der Waals surface area contributed by atoms with E-state index in [1.165, 1.54) is 0 Å². The molecule has 5 rings (SSSR count). The molecule has 1 saturated heterocycles. The number of thiazole rings is 1. The van der Waals surface area contributed by atoms with Gasteiger partial charge in [0.2, 0.25) is 11.8 Å². The molecular weight excluding hydrogens is 386 g/mol. The van der Waals surface area contributed by atoms with Gasteiger partial charge in [0.25, 0.3) is 5.95 Å². The van der Waals surface area contributed by atoms with Gasteiger partial charge in [-0.15, -0.1) is 11.3 Å². The molecule has 1 aliphatic carbocycles. The molecule has 1 aliphatic heterocycles. The normalized spacial score (nSPS) is 17.8. The van der Waals surface area contributed by atoms with Gasteiger partial charge < -0.3 is 14.7 Å². The molecule has 1 aromatic carbocycles. The van der Waals surface area contributed by atoms with Crippen molar-refractivity contribution in [2.24, 2.45) is 5.41 Å². The largest absolute Gasteiger partial charge is 0.350 e. The quantitative estimate of drug-likeness (QED) is 0.646. The number of amides is 1. The summed E-state index contributed by atoms with van der Waals surface area (Å²) in [5.41, 5.74) is 1.55. The third-order valence-electron chi connectivity index (χ3n) is 5.59. The fourth-order valence-electron chi connectivity index (χ4n) is 3.85. The highest BCUT2D eigenvalue weighted by Crippen LogP contribution is 2.41. The number of aromatic nitrogens is 3. The van der Waals surface area contributed by atoms with Gasteiger partial charge in [0.15, 0.2) is 0 Å². The lowest BCUT2D eigenvalue weighted by atomic mass is 9.74. The molecular formula is C21H23N5O2S. The number of nitrogens with zero attached hydrogens (tertiary/aromatic N) is 4. The summed E-state index contributed by atoms with van der Waals surface area (Å²) in [6, 6.07) is 10.2. The Morgan fingerprint density at radius 1 is 1.28 bits per heavy atom. The number of carbonyl (C=O) groups is 1. The van der Waals surface area contributed by atoms with Crippen LogP contribution in [0.1, 0.15) is 40.9 Å². The lowest BCUT2D eigenvalue weighted by Crippen LogP contribution is -2.64. The van der Waals surface area contributed by atoms with E-state index in [-0.39, 0.29) is 5.91 Å². The van der Waals surface area contributed by atoms with Crippen LogP contribution in [0.25, 0.3) is 0 Å². The first-order valence-electron chi connectivity index (χ1n) is 9.93. The van der Waals surface area contributed by atoms with Gasteiger partial charge in [-0.25, -0.2) is 4.98 Å². The minimum Gasteiger partial charge on any atom is -0.350 e. The average molecular weight is 410 g/mol. The van der Waals surface area contributed by atoms with Gasteiger partial charge in [-0.2, -0.15) is 4.98 Å². The highest BCUT2D eigenvalue weighted by molar-refractivity contribution is 7.09. The second-order valence-corrected chi connectivity index (χ2v) is 9.11. The first-order chi connectivity index (χ1) is 14.1. The number of rotatable bonds is 7. The molecule has 0 bridgehead atoms. The maximum absolute atomic E-state index is 13.2. The van der Waals surface area contributed by atoms with E-state index in [9.17, 15) is 4.79 Å². The Hall–Kier alpha value is -2.74. The molecule has 2 aliphatic rings. The smallest absolute Gasteiger partial charge is 0.266 e. The van der Waals surface area contributed by atoms with Crippen molar-refractivity contribution in [1.29, 1.82) is 0 Å². The molecule has 1 N–H and O–H groups in total. The third kappa shape index (κ3) is 3.76. The molecule has 150 valence electrons. The zero-order valence-electron chi connectivity index (χ0n) is 16.3. The number of hydrogen-bond donors (Lipinski definition) is 1.